The first-order valence-electron chi connectivity index (χ1n) is 12.5. The summed E-state index contributed by atoms with van der Waals surface area (Å²) >= 11 is 0. The minimum Gasteiger partial charge on any atom is -0.381 e. The lowest BCUT2D eigenvalue weighted by Gasteiger charge is -2.43. The second-order valence-electron chi connectivity index (χ2n) is 11.2. The first-order valence-corrected chi connectivity index (χ1v) is 12.5. The molecule has 0 bridgehead atoms. The van der Waals surface area contributed by atoms with Gasteiger partial charge in [-0.3, -0.25) is 0 Å². The predicted octanol–water partition coefficient (Wildman–Crippen LogP) is 8.30. The average Bonchev–Trinajstić information content (AvgIpc) is 3.07. The van der Waals surface area contributed by atoms with E-state index in [0.29, 0.717) is 23.4 Å². The molecule has 6 atom stereocenters. The van der Waals surface area contributed by atoms with Gasteiger partial charge in [0.05, 0.1) is 6.10 Å². The summed E-state index contributed by atoms with van der Waals surface area (Å²) in [5.41, 5.74) is 4.91. The molecule has 0 aromatic carbocycles. The van der Waals surface area contributed by atoms with Crippen LogP contribution in [0.3, 0.4) is 0 Å². The quantitative estimate of drug-likeness (QED) is 0.400. The maximum absolute atomic E-state index is 5.61. The van der Waals surface area contributed by atoms with Gasteiger partial charge < -0.3 is 4.74 Å². The maximum Gasteiger partial charge on any atom is 0.0614 e. The summed E-state index contributed by atoms with van der Waals surface area (Å²) in [5.74, 6) is 3.82. The molecule has 30 heavy (non-hydrogen) atoms. The fourth-order valence-corrected chi connectivity index (χ4v) is 6.23. The maximum atomic E-state index is 5.61. The van der Waals surface area contributed by atoms with Crippen molar-refractivity contribution in [3.63, 3.8) is 0 Å². The van der Waals surface area contributed by atoms with E-state index in [1.807, 2.05) is 7.11 Å². The summed E-state index contributed by atoms with van der Waals surface area (Å²) in [6.45, 7) is 16.4. The van der Waals surface area contributed by atoms with Gasteiger partial charge in [-0.1, -0.05) is 76.6 Å². The summed E-state index contributed by atoms with van der Waals surface area (Å²) in [6.07, 6.45) is 20.2. The molecule has 0 spiro atoms. The monoisotopic (exact) mass is 410 g/mol. The first-order chi connectivity index (χ1) is 14.2. The Bertz CT molecular complexity index is 693. The number of rotatable bonds is 6. The molecule has 1 nitrogen and oxygen atoms in total. The number of methoxy groups -OCH3 is 1. The molecule has 0 amide bonds. The van der Waals surface area contributed by atoms with Gasteiger partial charge in [0.25, 0.3) is 0 Å². The zero-order valence-corrected chi connectivity index (χ0v) is 20.5. The molecular weight excluding hydrogens is 364 g/mol. The Morgan fingerprint density at radius 3 is 2.47 bits per heavy atom. The molecule has 0 radical (unpaired) electrons. The highest BCUT2D eigenvalue weighted by atomic mass is 16.5. The Balaban J connectivity index is 1.64. The average molecular weight is 411 g/mol. The summed E-state index contributed by atoms with van der Waals surface area (Å²) in [4.78, 5) is 0. The molecule has 0 aliphatic heterocycles. The normalized spacial score (nSPS) is 37.3. The van der Waals surface area contributed by atoms with Crippen molar-refractivity contribution in [3.8, 4) is 0 Å². The van der Waals surface area contributed by atoms with E-state index in [9.17, 15) is 0 Å². The van der Waals surface area contributed by atoms with Crippen molar-refractivity contribution in [2.45, 2.75) is 92.1 Å². The third kappa shape index (κ3) is 5.21. The molecule has 0 aromatic heterocycles. The van der Waals surface area contributed by atoms with Crippen LogP contribution in [0.5, 0.6) is 0 Å². The largest absolute Gasteiger partial charge is 0.381 e. The Labute approximate surface area is 186 Å². The highest BCUT2D eigenvalue weighted by Crippen LogP contribution is 2.58. The summed E-state index contributed by atoms with van der Waals surface area (Å²) in [6, 6.07) is 0. The van der Waals surface area contributed by atoms with Crippen molar-refractivity contribution in [3.05, 3.63) is 47.6 Å². The summed E-state index contributed by atoms with van der Waals surface area (Å²) < 4.78 is 5.61. The van der Waals surface area contributed by atoms with E-state index in [1.165, 1.54) is 43.3 Å². The van der Waals surface area contributed by atoms with Gasteiger partial charge in [-0.05, 0) is 91.9 Å². The van der Waals surface area contributed by atoms with Crippen LogP contribution in [0.25, 0.3) is 0 Å². The second kappa shape index (κ2) is 10.0. The number of fused-ring (bicyclic) bond motifs is 1. The molecule has 3 fully saturated rings. The van der Waals surface area contributed by atoms with Crippen molar-refractivity contribution in [2.24, 2.45) is 35.0 Å². The van der Waals surface area contributed by atoms with Crippen molar-refractivity contribution in [1.29, 1.82) is 0 Å². The highest BCUT2D eigenvalue weighted by Gasteiger charge is 2.49. The summed E-state index contributed by atoms with van der Waals surface area (Å²) in [7, 11) is 1.84. The molecule has 168 valence electrons. The molecule has 0 aromatic rings. The van der Waals surface area contributed by atoms with E-state index in [0.717, 1.165) is 37.0 Å². The van der Waals surface area contributed by atoms with E-state index in [4.69, 9.17) is 4.74 Å². The van der Waals surface area contributed by atoms with Crippen LogP contribution in [0.4, 0.5) is 0 Å². The van der Waals surface area contributed by atoms with Crippen LogP contribution >= 0.6 is 0 Å². The molecule has 3 rings (SSSR count). The molecular formula is C29H46O. The smallest absolute Gasteiger partial charge is 0.0614 e. The van der Waals surface area contributed by atoms with Crippen LogP contribution in [0.1, 0.15) is 86.0 Å². The summed E-state index contributed by atoms with van der Waals surface area (Å²) in [5, 5.41) is 0. The Hall–Kier alpha value is -1.08. The van der Waals surface area contributed by atoms with Crippen molar-refractivity contribution >= 4 is 0 Å². The lowest BCUT2D eigenvalue weighted by atomic mass is 9.61. The van der Waals surface area contributed by atoms with Gasteiger partial charge in [0.15, 0.2) is 0 Å². The Morgan fingerprint density at radius 1 is 1.00 bits per heavy atom. The molecule has 0 heterocycles. The minimum absolute atomic E-state index is 0.373. The van der Waals surface area contributed by atoms with Gasteiger partial charge in [0.2, 0.25) is 0 Å². The van der Waals surface area contributed by atoms with Gasteiger partial charge in [-0.25, -0.2) is 0 Å². The van der Waals surface area contributed by atoms with Gasteiger partial charge in [-0.2, -0.15) is 0 Å². The highest BCUT2D eigenvalue weighted by molar-refractivity contribution is 5.35. The van der Waals surface area contributed by atoms with Gasteiger partial charge in [0, 0.05) is 7.11 Å². The van der Waals surface area contributed by atoms with E-state index >= 15 is 0 Å². The standard InChI is InChI=1S/C29H46O/c1-20(2)21(3)8-9-23(5)28-15-13-26-18-24(16-17-29(26,28)6)11-12-25-19-27(30-7)14-10-22(25)4/h8-9,11-12,20-21,23,26-28H,4,10,13-19H2,1-3,5-7H3. The van der Waals surface area contributed by atoms with Crippen molar-refractivity contribution in [2.75, 3.05) is 7.11 Å². The molecule has 3 aliphatic carbocycles. The number of ether oxygens (including phenoxy) is 1. The lowest BCUT2D eigenvalue weighted by molar-refractivity contribution is 0.0909. The third-order valence-electron chi connectivity index (χ3n) is 9.03. The molecule has 0 N–H and O–H groups in total. The van der Waals surface area contributed by atoms with Crippen molar-refractivity contribution < 1.29 is 4.74 Å². The van der Waals surface area contributed by atoms with Crippen LogP contribution in [0, 0.1) is 35.0 Å². The first kappa shape index (κ1) is 23.6. The van der Waals surface area contributed by atoms with E-state index in [-0.39, 0.29) is 0 Å². The van der Waals surface area contributed by atoms with Crippen LogP contribution in [-0.4, -0.2) is 13.2 Å². The zero-order valence-electron chi connectivity index (χ0n) is 20.5. The van der Waals surface area contributed by atoms with Crippen LogP contribution < -0.4 is 0 Å². The van der Waals surface area contributed by atoms with Gasteiger partial charge >= 0.3 is 0 Å². The number of hydrogen-bond donors (Lipinski definition) is 0. The molecule has 6 unspecified atom stereocenters. The van der Waals surface area contributed by atoms with Crippen LogP contribution in [0.2, 0.25) is 0 Å². The Morgan fingerprint density at radius 2 is 1.77 bits per heavy atom. The third-order valence-corrected chi connectivity index (χ3v) is 9.03. The molecule has 0 saturated heterocycles. The van der Waals surface area contributed by atoms with E-state index in [1.54, 1.807) is 5.57 Å². The fraction of sp³-hybridized carbons (Fsp3) is 0.724. The SMILES string of the molecule is C=C1CCC(OC)CC1=CC=C1CCC2(C)C(CCC2C(C)C=CC(C)C(C)C)C1. The fourth-order valence-electron chi connectivity index (χ4n) is 6.23. The molecule has 1 heteroatoms. The van der Waals surface area contributed by atoms with Crippen LogP contribution in [-0.2, 0) is 4.74 Å². The van der Waals surface area contributed by atoms with E-state index < -0.39 is 0 Å². The van der Waals surface area contributed by atoms with Gasteiger partial charge in [-0.15, -0.1) is 0 Å². The molecule has 3 aliphatic rings. The number of hydrogen-bond acceptors (Lipinski definition) is 1. The lowest BCUT2D eigenvalue weighted by Crippen LogP contribution is -2.35. The number of allylic oxidation sites excluding steroid dienone is 6. The zero-order chi connectivity index (χ0) is 21.9. The predicted molar refractivity (Wildman–Crippen MR) is 130 cm³/mol. The van der Waals surface area contributed by atoms with E-state index in [2.05, 4.69) is 65.5 Å². The van der Waals surface area contributed by atoms with Gasteiger partial charge in [0.1, 0.15) is 0 Å². The topological polar surface area (TPSA) is 9.23 Å². The van der Waals surface area contributed by atoms with Crippen molar-refractivity contribution in [1.82, 2.24) is 0 Å². The minimum atomic E-state index is 0.373. The van der Waals surface area contributed by atoms with Crippen LogP contribution in [0.15, 0.2) is 47.6 Å². The Kier molecular flexibility index (Phi) is 7.88. The second-order valence-corrected chi connectivity index (χ2v) is 11.2. The molecule has 3 saturated carbocycles.